The Labute approximate surface area is 211 Å². The molecule has 4 nitrogen and oxygen atoms in total. The molecule has 0 bridgehead atoms. The van der Waals surface area contributed by atoms with Gasteiger partial charge in [0.25, 0.3) is 0 Å². The molecule has 2 heterocycles. The molecule has 0 N–H and O–H groups in total. The van der Waals surface area contributed by atoms with Crippen LogP contribution in [0.1, 0.15) is 5.89 Å². The van der Waals surface area contributed by atoms with Crippen LogP contribution in [0.5, 0.6) is 0 Å². The normalized spacial score (nSPS) is 10.9. The van der Waals surface area contributed by atoms with Gasteiger partial charge in [-0.3, -0.25) is 9.97 Å². The third-order valence-corrected chi connectivity index (χ3v) is 5.77. The van der Waals surface area contributed by atoms with E-state index in [-0.39, 0.29) is 20.1 Å². The Morgan fingerprint density at radius 3 is 2.09 bits per heavy atom. The molecular weight excluding hydrogens is 599 g/mol. The fraction of sp³-hybridized carbons (Fsp3) is 0.0345. The van der Waals surface area contributed by atoms with Crippen LogP contribution < -0.4 is 0 Å². The number of benzene rings is 4. The smallest absolute Gasteiger partial charge is 0.180 e. The zero-order valence-electron chi connectivity index (χ0n) is 18.4. The molecule has 5 heteroatoms. The molecule has 0 aliphatic rings. The van der Waals surface area contributed by atoms with Gasteiger partial charge in [-0.1, -0.05) is 90.5 Å². The largest absolute Gasteiger partial charge is 0.461 e. The summed E-state index contributed by atoms with van der Waals surface area (Å²) in [5.74, 6) is 1.40. The molecule has 0 atom stereocenters. The van der Waals surface area contributed by atoms with Crippen LogP contribution >= 0.6 is 0 Å². The van der Waals surface area contributed by atoms with E-state index in [9.17, 15) is 0 Å². The maximum Gasteiger partial charge on any atom is 0.180 e. The van der Waals surface area contributed by atoms with Crippen LogP contribution in [0.4, 0.5) is 0 Å². The number of imidazole rings is 1. The summed E-state index contributed by atoms with van der Waals surface area (Å²) >= 11 is 0. The van der Waals surface area contributed by atoms with Crippen molar-refractivity contribution in [3.8, 4) is 39.3 Å². The predicted octanol–water partition coefficient (Wildman–Crippen LogP) is 7.12. The molecule has 0 aliphatic heterocycles. The van der Waals surface area contributed by atoms with E-state index in [2.05, 4.69) is 82.3 Å². The zero-order chi connectivity index (χ0) is 22.2. The van der Waals surface area contributed by atoms with E-state index in [1.807, 2.05) is 43.6 Å². The Balaban J connectivity index is 0.00000241. The zero-order valence-corrected chi connectivity index (χ0v) is 20.8. The van der Waals surface area contributed by atoms with Gasteiger partial charge in [0, 0.05) is 56.1 Å². The first-order valence-corrected chi connectivity index (χ1v) is 10.9. The number of oxazole rings is 1. The first-order valence-electron chi connectivity index (χ1n) is 10.9. The molecule has 0 aliphatic carbocycles. The van der Waals surface area contributed by atoms with E-state index in [4.69, 9.17) is 9.40 Å². The summed E-state index contributed by atoms with van der Waals surface area (Å²) in [6.07, 6.45) is 3.83. The Bertz CT molecular complexity index is 1510. The molecule has 4 aromatic carbocycles. The molecule has 0 spiro atoms. The summed E-state index contributed by atoms with van der Waals surface area (Å²) in [6.45, 7) is 1.86. The van der Waals surface area contributed by atoms with Crippen molar-refractivity contribution in [1.29, 1.82) is 0 Å². The van der Waals surface area contributed by atoms with Gasteiger partial charge in [-0.2, -0.15) is 0 Å². The van der Waals surface area contributed by atoms with Crippen molar-refractivity contribution in [2.45, 2.75) is 6.92 Å². The van der Waals surface area contributed by atoms with Crippen molar-refractivity contribution in [3.63, 3.8) is 0 Å². The van der Waals surface area contributed by atoms with Crippen LogP contribution in [0.3, 0.4) is 0 Å². The van der Waals surface area contributed by atoms with E-state index >= 15 is 0 Å². The average molecular weight is 619 g/mol. The number of hydrogen-bond acceptors (Lipinski definition) is 3. The molecule has 6 rings (SSSR count). The Morgan fingerprint density at radius 2 is 1.44 bits per heavy atom. The van der Waals surface area contributed by atoms with Crippen LogP contribution in [0, 0.1) is 13.0 Å². The molecule has 0 unspecified atom stereocenters. The molecular formula is C29H20IrN3O-. The van der Waals surface area contributed by atoms with Crippen LogP contribution in [0.15, 0.2) is 108 Å². The van der Waals surface area contributed by atoms with Gasteiger partial charge >= 0.3 is 0 Å². The quantitative estimate of drug-likeness (QED) is 0.198. The average Bonchev–Trinajstić information content (AvgIpc) is 3.50. The second-order valence-corrected chi connectivity index (χ2v) is 7.85. The van der Waals surface area contributed by atoms with Crippen molar-refractivity contribution in [2.24, 2.45) is 0 Å². The van der Waals surface area contributed by atoms with Crippen LogP contribution in [-0.2, 0) is 20.1 Å². The number of aromatic nitrogens is 3. The first-order chi connectivity index (χ1) is 16.3. The number of rotatable bonds is 4. The van der Waals surface area contributed by atoms with Gasteiger partial charge in [0.15, 0.2) is 5.89 Å². The molecule has 167 valence electrons. The van der Waals surface area contributed by atoms with E-state index in [0.717, 1.165) is 50.4 Å². The van der Waals surface area contributed by atoms with Crippen LogP contribution in [0.2, 0.25) is 0 Å². The fourth-order valence-electron chi connectivity index (χ4n) is 4.35. The van der Waals surface area contributed by atoms with Crippen LogP contribution in [-0.4, -0.2) is 14.5 Å². The van der Waals surface area contributed by atoms with Crippen molar-refractivity contribution < 1.29 is 24.5 Å². The van der Waals surface area contributed by atoms with Gasteiger partial charge in [-0.25, -0.2) is 0 Å². The predicted molar refractivity (Wildman–Crippen MR) is 131 cm³/mol. The molecule has 1 radical (unpaired) electrons. The van der Waals surface area contributed by atoms with Gasteiger partial charge < -0.3 is 8.98 Å². The minimum absolute atomic E-state index is 0. The SMILES string of the molecule is Cc1nc2c(-c3nccn3-c3c(-c4ccccc4)cccc3-c3ccccc3)[c-]ccc2o1.[Ir]. The number of nitrogens with zero attached hydrogens (tertiary/aromatic N) is 3. The van der Waals surface area contributed by atoms with E-state index in [1.54, 1.807) is 0 Å². The van der Waals surface area contributed by atoms with Gasteiger partial charge in [0.2, 0.25) is 0 Å². The summed E-state index contributed by atoms with van der Waals surface area (Å²) < 4.78 is 7.91. The van der Waals surface area contributed by atoms with Gasteiger partial charge in [-0.15, -0.1) is 12.1 Å². The van der Waals surface area contributed by atoms with Gasteiger partial charge in [0.1, 0.15) is 0 Å². The first kappa shape index (κ1) is 22.0. The monoisotopic (exact) mass is 619 g/mol. The third-order valence-electron chi connectivity index (χ3n) is 5.77. The molecule has 0 saturated carbocycles. The van der Waals surface area contributed by atoms with Crippen LogP contribution in [0.25, 0.3) is 50.4 Å². The maximum atomic E-state index is 5.77. The van der Waals surface area contributed by atoms with E-state index in [1.165, 1.54) is 0 Å². The van der Waals surface area contributed by atoms with Crippen molar-refractivity contribution in [2.75, 3.05) is 0 Å². The molecule has 6 aromatic rings. The topological polar surface area (TPSA) is 43.9 Å². The van der Waals surface area contributed by atoms with Crippen molar-refractivity contribution in [1.82, 2.24) is 14.5 Å². The summed E-state index contributed by atoms with van der Waals surface area (Å²) in [6, 6.07) is 34.4. The fourth-order valence-corrected chi connectivity index (χ4v) is 4.35. The number of para-hydroxylation sites is 1. The molecule has 34 heavy (non-hydrogen) atoms. The standard InChI is InChI=1S/C29H20N3O.Ir/c1-20-31-27-25(16-9-17-26(27)33-20)29-30-18-19-32(29)28-23(21-10-4-2-5-11-21)14-8-15-24(28)22-12-6-3-7-13-22;/h2-15,17-19H,1H3;/q-1;. The summed E-state index contributed by atoms with van der Waals surface area (Å²) in [5, 5.41) is 0. The van der Waals surface area contributed by atoms with Crippen molar-refractivity contribution in [3.05, 3.63) is 115 Å². The Morgan fingerprint density at radius 1 is 0.794 bits per heavy atom. The Kier molecular flexibility index (Phi) is 5.97. The summed E-state index contributed by atoms with van der Waals surface area (Å²) in [7, 11) is 0. The molecule has 0 fully saturated rings. The van der Waals surface area contributed by atoms with Gasteiger partial charge in [0.05, 0.1) is 17.1 Å². The molecule has 2 aromatic heterocycles. The second kappa shape index (κ2) is 9.22. The minimum atomic E-state index is 0. The minimum Gasteiger partial charge on any atom is -0.461 e. The van der Waals surface area contributed by atoms with Crippen molar-refractivity contribution >= 4 is 11.1 Å². The summed E-state index contributed by atoms with van der Waals surface area (Å²) in [5.41, 5.74) is 7.91. The van der Waals surface area contributed by atoms with E-state index in [0.29, 0.717) is 5.89 Å². The maximum absolute atomic E-state index is 5.77. The number of fused-ring (bicyclic) bond motifs is 1. The van der Waals surface area contributed by atoms with E-state index < -0.39 is 0 Å². The Hall–Kier alpha value is -3.79. The number of hydrogen-bond donors (Lipinski definition) is 0. The summed E-state index contributed by atoms with van der Waals surface area (Å²) in [4.78, 5) is 9.36. The second-order valence-electron chi connectivity index (χ2n) is 7.85. The third kappa shape index (κ3) is 3.79. The number of aryl methyl sites for hydroxylation is 1. The van der Waals surface area contributed by atoms with Gasteiger partial charge in [-0.05, 0) is 11.1 Å². The molecule has 0 amide bonds. The molecule has 0 saturated heterocycles.